The lowest BCUT2D eigenvalue weighted by Gasteiger charge is -2.17. The SMILES string of the molecule is COc1cc(C#N)ccc1OC(C)c1cccc([N+](=O)[O-])c1. The number of methoxy groups -OCH3 is 1. The number of nitro groups is 1. The standard InChI is InChI=1S/C16H14N2O4/c1-11(13-4-3-5-14(9-13)18(19)20)22-15-7-6-12(10-17)8-16(15)21-2/h3-9,11H,1-2H3. The number of ether oxygens (including phenoxy) is 2. The number of hydrogen-bond donors (Lipinski definition) is 0. The van der Waals surface area contributed by atoms with Crippen molar-refractivity contribution in [2.75, 3.05) is 7.11 Å². The van der Waals surface area contributed by atoms with Gasteiger partial charge in [-0.05, 0) is 24.6 Å². The van der Waals surface area contributed by atoms with Gasteiger partial charge in [-0.1, -0.05) is 12.1 Å². The summed E-state index contributed by atoms with van der Waals surface area (Å²) in [5.41, 5.74) is 1.16. The van der Waals surface area contributed by atoms with E-state index in [0.717, 1.165) is 0 Å². The Morgan fingerprint density at radius 1 is 1.23 bits per heavy atom. The minimum absolute atomic E-state index is 0.0137. The minimum atomic E-state index is -0.446. The fourth-order valence-corrected chi connectivity index (χ4v) is 1.98. The molecule has 2 aromatic rings. The predicted molar refractivity (Wildman–Crippen MR) is 79.8 cm³/mol. The first-order chi connectivity index (χ1) is 10.5. The number of non-ortho nitro benzene ring substituents is 1. The van der Waals surface area contributed by atoms with Gasteiger partial charge in [0.1, 0.15) is 6.10 Å². The van der Waals surface area contributed by atoms with Crippen molar-refractivity contribution < 1.29 is 14.4 Å². The lowest BCUT2D eigenvalue weighted by molar-refractivity contribution is -0.385. The maximum absolute atomic E-state index is 10.8. The van der Waals surface area contributed by atoms with Gasteiger partial charge < -0.3 is 9.47 Å². The largest absolute Gasteiger partial charge is 0.493 e. The molecule has 2 rings (SSSR count). The molecule has 0 radical (unpaired) electrons. The van der Waals surface area contributed by atoms with Gasteiger partial charge in [-0.15, -0.1) is 0 Å². The molecule has 0 aliphatic heterocycles. The van der Waals surface area contributed by atoms with Gasteiger partial charge in [-0.3, -0.25) is 10.1 Å². The molecule has 1 atom stereocenters. The summed E-state index contributed by atoms with van der Waals surface area (Å²) >= 11 is 0. The van der Waals surface area contributed by atoms with E-state index in [4.69, 9.17) is 14.7 Å². The van der Waals surface area contributed by atoms with Crippen LogP contribution >= 0.6 is 0 Å². The lowest BCUT2D eigenvalue weighted by Crippen LogP contribution is -2.05. The fourth-order valence-electron chi connectivity index (χ4n) is 1.98. The molecule has 0 aliphatic rings. The molecular weight excluding hydrogens is 284 g/mol. The molecule has 0 N–H and O–H groups in total. The van der Waals surface area contributed by atoms with Gasteiger partial charge in [0.25, 0.3) is 5.69 Å². The van der Waals surface area contributed by atoms with Crippen molar-refractivity contribution in [3.05, 3.63) is 63.7 Å². The van der Waals surface area contributed by atoms with Crippen LogP contribution in [0.25, 0.3) is 0 Å². The number of nitrogens with zero attached hydrogens (tertiary/aromatic N) is 2. The molecule has 22 heavy (non-hydrogen) atoms. The average molecular weight is 298 g/mol. The van der Waals surface area contributed by atoms with Crippen LogP contribution in [-0.4, -0.2) is 12.0 Å². The van der Waals surface area contributed by atoms with Gasteiger partial charge in [0.05, 0.1) is 23.7 Å². The van der Waals surface area contributed by atoms with Crippen LogP contribution in [0.15, 0.2) is 42.5 Å². The minimum Gasteiger partial charge on any atom is -0.493 e. The lowest BCUT2D eigenvalue weighted by atomic mass is 10.1. The number of nitro benzene ring substituents is 1. The van der Waals surface area contributed by atoms with Crippen molar-refractivity contribution in [2.45, 2.75) is 13.0 Å². The molecule has 2 aromatic carbocycles. The predicted octanol–water partition coefficient (Wildman–Crippen LogP) is 3.62. The fraction of sp³-hybridized carbons (Fsp3) is 0.188. The van der Waals surface area contributed by atoms with E-state index in [9.17, 15) is 10.1 Å². The molecule has 6 heteroatoms. The third-order valence-electron chi connectivity index (χ3n) is 3.15. The summed E-state index contributed by atoms with van der Waals surface area (Å²) in [5, 5.41) is 19.7. The molecular formula is C16H14N2O4. The second kappa shape index (κ2) is 6.59. The smallest absolute Gasteiger partial charge is 0.269 e. The first-order valence-corrected chi connectivity index (χ1v) is 6.54. The zero-order valence-electron chi connectivity index (χ0n) is 12.1. The molecule has 0 spiro atoms. The Hall–Kier alpha value is -3.07. The third kappa shape index (κ3) is 3.33. The molecule has 112 valence electrons. The van der Waals surface area contributed by atoms with Crippen LogP contribution in [0.3, 0.4) is 0 Å². The van der Waals surface area contributed by atoms with Crippen LogP contribution in [0.1, 0.15) is 24.2 Å². The Balaban J connectivity index is 2.25. The normalized spacial score (nSPS) is 11.3. The maximum atomic E-state index is 10.8. The number of hydrogen-bond acceptors (Lipinski definition) is 5. The summed E-state index contributed by atoms with van der Waals surface area (Å²) in [6.45, 7) is 1.79. The molecule has 0 fully saturated rings. The van der Waals surface area contributed by atoms with Gasteiger partial charge in [-0.2, -0.15) is 5.26 Å². The highest BCUT2D eigenvalue weighted by atomic mass is 16.6. The highest BCUT2D eigenvalue weighted by Crippen LogP contribution is 2.32. The molecule has 1 unspecified atom stereocenters. The molecule has 0 heterocycles. The molecule has 0 aliphatic carbocycles. The van der Waals surface area contributed by atoms with Crippen LogP contribution in [0.2, 0.25) is 0 Å². The van der Waals surface area contributed by atoms with E-state index in [1.807, 2.05) is 6.07 Å². The van der Waals surface area contributed by atoms with Crippen LogP contribution in [0.4, 0.5) is 5.69 Å². The van der Waals surface area contributed by atoms with Crippen molar-refractivity contribution in [1.29, 1.82) is 5.26 Å². The Morgan fingerprint density at radius 2 is 2.00 bits per heavy atom. The summed E-state index contributed by atoms with van der Waals surface area (Å²) < 4.78 is 11.0. The zero-order valence-corrected chi connectivity index (χ0v) is 12.1. The van der Waals surface area contributed by atoms with Crippen LogP contribution in [0, 0.1) is 21.4 Å². The van der Waals surface area contributed by atoms with Gasteiger partial charge in [-0.25, -0.2) is 0 Å². The monoisotopic (exact) mass is 298 g/mol. The van der Waals surface area contributed by atoms with Crippen molar-refractivity contribution in [2.24, 2.45) is 0 Å². The molecule has 6 nitrogen and oxygen atoms in total. The quantitative estimate of drug-likeness (QED) is 0.621. The van der Waals surface area contributed by atoms with E-state index < -0.39 is 11.0 Å². The van der Waals surface area contributed by atoms with Gasteiger partial charge >= 0.3 is 0 Å². The molecule has 0 aromatic heterocycles. The first kappa shape index (κ1) is 15.3. The Morgan fingerprint density at radius 3 is 2.64 bits per heavy atom. The van der Waals surface area contributed by atoms with E-state index >= 15 is 0 Å². The van der Waals surface area contributed by atoms with E-state index in [1.165, 1.54) is 19.2 Å². The molecule has 0 amide bonds. The molecule has 0 bridgehead atoms. The number of rotatable bonds is 5. The number of nitriles is 1. The second-order valence-corrected chi connectivity index (χ2v) is 4.59. The summed E-state index contributed by atoms with van der Waals surface area (Å²) in [6.07, 6.45) is -0.401. The number of benzene rings is 2. The third-order valence-corrected chi connectivity index (χ3v) is 3.15. The maximum Gasteiger partial charge on any atom is 0.269 e. The highest BCUT2D eigenvalue weighted by molar-refractivity contribution is 5.47. The van der Waals surface area contributed by atoms with Crippen molar-refractivity contribution >= 4 is 5.69 Å². The Kier molecular flexibility index (Phi) is 4.59. The van der Waals surface area contributed by atoms with Gasteiger partial charge in [0, 0.05) is 18.2 Å². The topological polar surface area (TPSA) is 85.4 Å². The summed E-state index contributed by atoms with van der Waals surface area (Å²) in [6, 6.07) is 13.1. The van der Waals surface area contributed by atoms with Crippen molar-refractivity contribution in [3.63, 3.8) is 0 Å². The van der Waals surface area contributed by atoms with Crippen LogP contribution < -0.4 is 9.47 Å². The molecule has 0 saturated carbocycles. The molecule has 0 saturated heterocycles. The Bertz CT molecular complexity index is 737. The van der Waals surface area contributed by atoms with Crippen LogP contribution in [-0.2, 0) is 0 Å². The first-order valence-electron chi connectivity index (χ1n) is 6.54. The summed E-state index contributed by atoms with van der Waals surface area (Å²) in [5.74, 6) is 0.914. The van der Waals surface area contributed by atoms with Crippen molar-refractivity contribution in [1.82, 2.24) is 0 Å². The highest BCUT2D eigenvalue weighted by Gasteiger charge is 2.14. The Labute approximate surface area is 127 Å². The van der Waals surface area contributed by atoms with E-state index in [2.05, 4.69) is 0 Å². The second-order valence-electron chi connectivity index (χ2n) is 4.59. The van der Waals surface area contributed by atoms with Gasteiger partial charge in [0.15, 0.2) is 11.5 Å². The van der Waals surface area contributed by atoms with E-state index in [0.29, 0.717) is 22.6 Å². The average Bonchev–Trinajstić information content (AvgIpc) is 2.55. The summed E-state index contributed by atoms with van der Waals surface area (Å²) in [4.78, 5) is 10.4. The van der Waals surface area contributed by atoms with E-state index in [1.54, 1.807) is 37.3 Å². The van der Waals surface area contributed by atoms with Gasteiger partial charge in [0.2, 0.25) is 0 Å². The zero-order chi connectivity index (χ0) is 16.1. The van der Waals surface area contributed by atoms with Crippen LogP contribution in [0.5, 0.6) is 11.5 Å². The van der Waals surface area contributed by atoms with E-state index in [-0.39, 0.29) is 5.69 Å². The summed E-state index contributed by atoms with van der Waals surface area (Å²) in [7, 11) is 1.49. The van der Waals surface area contributed by atoms with Crippen molar-refractivity contribution in [3.8, 4) is 17.6 Å².